The van der Waals surface area contributed by atoms with Crippen LogP contribution < -0.4 is 10.6 Å². The molecule has 4 heterocycles. The number of nitrogens with zero attached hydrogens (tertiary/aromatic N) is 3. The Bertz CT molecular complexity index is 1500. The number of rotatable bonds is 6. The minimum Gasteiger partial charge on any atom is -0.377 e. The van der Waals surface area contributed by atoms with Crippen LogP contribution >= 0.6 is 11.3 Å². The maximum Gasteiger partial charge on any atom is 0.326 e. The van der Waals surface area contributed by atoms with Crippen LogP contribution in [0.5, 0.6) is 0 Å². The number of carbonyl (C=O) groups excluding carboxylic acids is 2. The summed E-state index contributed by atoms with van der Waals surface area (Å²) >= 11 is 1.43. The monoisotopic (exact) mass is 519 g/mol. The molecule has 0 bridgehead atoms. The molecule has 6 rings (SSSR count). The standard InChI is InChI=1S/C27H29N5O4S/c1-15-10-16-11-18(6-7-21(16)32(15)27(34)30-17-4-5-17)29-19-8-9-28-20-12-24(37-25(19)20)26(33)31-13-22(35-2)23(14-31)36-3/h6-12,17,22-23H,4-5,13-14H2,1-3H3,(H,28,29)(H,30,34)/t22-,23-/m0/s1. The number of hydrogen-bond acceptors (Lipinski definition) is 7. The highest BCUT2D eigenvalue weighted by molar-refractivity contribution is 7.21. The average Bonchev–Trinajstić information content (AvgIpc) is 3.30. The summed E-state index contributed by atoms with van der Waals surface area (Å²) in [7, 11) is 3.28. The van der Waals surface area contributed by atoms with Crippen molar-refractivity contribution in [3.63, 3.8) is 0 Å². The third kappa shape index (κ3) is 4.45. The van der Waals surface area contributed by atoms with E-state index in [4.69, 9.17) is 9.47 Å². The first kappa shape index (κ1) is 23.9. The molecule has 2 atom stereocenters. The number of pyridine rings is 1. The highest BCUT2D eigenvalue weighted by atomic mass is 32.1. The second-order valence-corrected chi connectivity index (χ2v) is 10.7. The van der Waals surface area contributed by atoms with Gasteiger partial charge in [-0.2, -0.15) is 0 Å². The Morgan fingerprint density at radius 3 is 2.51 bits per heavy atom. The number of aryl methyl sites for hydroxylation is 1. The number of aromatic nitrogens is 2. The molecule has 2 N–H and O–H groups in total. The molecule has 2 fully saturated rings. The largest absolute Gasteiger partial charge is 0.377 e. The molecule has 10 heteroatoms. The lowest BCUT2D eigenvalue weighted by atomic mass is 10.2. The summed E-state index contributed by atoms with van der Waals surface area (Å²) in [5.74, 6) is -0.0433. The van der Waals surface area contributed by atoms with Crippen molar-refractivity contribution in [3.8, 4) is 0 Å². The number of methoxy groups -OCH3 is 2. The second kappa shape index (κ2) is 9.44. The van der Waals surface area contributed by atoms with E-state index >= 15 is 0 Å². The Balaban J connectivity index is 1.25. The van der Waals surface area contributed by atoms with Gasteiger partial charge in [-0.05, 0) is 56.2 Å². The number of hydrogen-bond donors (Lipinski definition) is 2. The van der Waals surface area contributed by atoms with Gasteiger partial charge in [0.25, 0.3) is 5.91 Å². The van der Waals surface area contributed by atoms with Crippen molar-refractivity contribution in [2.45, 2.75) is 38.0 Å². The fourth-order valence-corrected chi connectivity index (χ4v) is 6.04. The maximum atomic E-state index is 13.3. The van der Waals surface area contributed by atoms with Crippen LogP contribution in [0.4, 0.5) is 16.2 Å². The van der Waals surface area contributed by atoms with Gasteiger partial charge in [-0.25, -0.2) is 4.79 Å². The molecule has 1 saturated carbocycles. The number of amides is 2. The quantitative estimate of drug-likeness (QED) is 0.389. The molecule has 0 spiro atoms. The molecule has 1 aliphatic carbocycles. The highest BCUT2D eigenvalue weighted by Crippen LogP contribution is 2.34. The zero-order valence-corrected chi connectivity index (χ0v) is 21.8. The average molecular weight is 520 g/mol. The zero-order valence-electron chi connectivity index (χ0n) is 21.0. The lowest BCUT2D eigenvalue weighted by molar-refractivity contribution is -0.00461. The van der Waals surface area contributed by atoms with Crippen molar-refractivity contribution in [3.05, 3.63) is 53.2 Å². The van der Waals surface area contributed by atoms with Crippen LogP contribution in [0.2, 0.25) is 0 Å². The van der Waals surface area contributed by atoms with Crippen molar-refractivity contribution in [1.82, 2.24) is 19.8 Å². The van der Waals surface area contributed by atoms with E-state index in [1.165, 1.54) is 11.3 Å². The first-order valence-corrected chi connectivity index (χ1v) is 13.2. The molecule has 0 radical (unpaired) electrons. The predicted molar refractivity (Wildman–Crippen MR) is 144 cm³/mol. The summed E-state index contributed by atoms with van der Waals surface area (Å²) < 4.78 is 13.6. The highest BCUT2D eigenvalue weighted by Gasteiger charge is 2.36. The van der Waals surface area contributed by atoms with Gasteiger partial charge in [0.15, 0.2) is 0 Å². The summed E-state index contributed by atoms with van der Waals surface area (Å²) in [6.07, 6.45) is 3.57. The Morgan fingerprint density at radius 2 is 1.81 bits per heavy atom. The first-order chi connectivity index (χ1) is 17.9. The number of ether oxygens (including phenoxy) is 2. The number of benzene rings is 1. The molecule has 9 nitrogen and oxygen atoms in total. The minimum atomic E-state index is -0.133. The molecule has 1 aromatic carbocycles. The number of thiophene rings is 1. The molecule has 4 aromatic rings. The van der Waals surface area contributed by atoms with Gasteiger partial charge in [-0.15, -0.1) is 11.3 Å². The van der Waals surface area contributed by atoms with Crippen molar-refractivity contribution in [2.24, 2.45) is 0 Å². The van der Waals surface area contributed by atoms with Crippen LogP contribution in [0.15, 0.2) is 42.6 Å². The van der Waals surface area contributed by atoms with Crippen LogP contribution in [-0.2, 0) is 9.47 Å². The second-order valence-electron chi connectivity index (χ2n) is 9.69. The third-order valence-electron chi connectivity index (χ3n) is 7.10. The lowest BCUT2D eigenvalue weighted by Crippen LogP contribution is -2.30. The third-order valence-corrected chi connectivity index (χ3v) is 8.25. The van der Waals surface area contributed by atoms with Crippen molar-refractivity contribution in [1.29, 1.82) is 0 Å². The van der Waals surface area contributed by atoms with Gasteiger partial charge >= 0.3 is 6.03 Å². The summed E-state index contributed by atoms with van der Waals surface area (Å²) in [5.41, 5.74) is 4.31. The van der Waals surface area contributed by atoms with E-state index in [0.717, 1.165) is 51.0 Å². The van der Waals surface area contributed by atoms with E-state index in [1.807, 2.05) is 43.3 Å². The molecule has 3 aromatic heterocycles. The van der Waals surface area contributed by atoms with Gasteiger partial charge in [-0.1, -0.05) is 0 Å². The van der Waals surface area contributed by atoms with Crippen molar-refractivity contribution < 1.29 is 19.1 Å². The number of nitrogens with one attached hydrogen (secondary N) is 2. The van der Waals surface area contributed by atoms with Crippen molar-refractivity contribution in [2.75, 3.05) is 32.6 Å². The molecule has 37 heavy (non-hydrogen) atoms. The number of likely N-dealkylation sites (tertiary alicyclic amines) is 1. The topological polar surface area (TPSA) is 97.7 Å². The molecule has 2 aliphatic rings. The Labute approximate surface area is 218 Å². The molecular formula is C27H29N5O4S. The van der Waals surface area contributed by atoms with Gasteiger partial charge in [-0.3, -0.25) is 14.3 Å². The van der Waals surface area contributed by atoms with Gasteiger partial charge in [0.2, 0.25) is 0 Å². The van der Waals surface area contributed by atoms with Gasteiger partial charge in [0.1, 0.15) is 12.2 Å². The summed E-state index contributed by atoms with van der Waals surface area (Å²) in [6.45, 7) is 2.94. The summed E-state index contributed by atoms with van der Waals surface area (Å²) in [6, 6.07) is 12.0. The maximum absolute atomic E-state index is 13.3. The van der Waals surface area contributed by atoms with Crippen LogP contribution in [0.3, 0.4) is 0 Å². The van der Waals surface area contributed by atoms with Crippen LogP contribution in [0.25, 0.3) is 21.1 Å². The predicted octanol–water partition coefficient (Wildman–Crippen LogP) is 4.51. The Kier molecular flexibility index (Phi) is 6.10. The SMILES string of the molecule is CO[C@H]1CN(C(=O)c2cc3nccc(Nc4ccc5c(c4)cc(C)n5C(=O)NC4CC4)c3s2)C[C@@H]1OC. The molecular weight excluding hydrogens is 490 g/mol. The Morgan fingerprint density at radius 1 is 1.05 bits per heavy atom. The van der Waals surface area contributed by atoms with Crippen molar-refractivity contribution >= 4 is 55.8 Å². The molecule has 0 unspecified atom stereocenters. The molecule has 192 valence electrons. The molecule has 1 saturated heterocycles. The van der Waals surface area contributed by atoms with Gasteiger partial charge in [0.05, 0.1) is 26.3 Å². The van der Waals surface area contributed by atoms with E-state index < -0.39 is 0 Å². The van der Waals surface area contributed by atoms with Gasteiger partial charge < -0.3 is 25.0 Å². The number of anilines is 2. The van der Waals surface area contributed by atoms with E-state index in [2.05, 4.69) is 15.6 Å². The molecule has 1 aliphatic heterocycles. The fraction of sp³-hybridized carbons (Fsp3) is 0.370. The van der Waals surface area contributed by atoms with Crippen LogP contribution in [0.1, 0.15) is 28.2 Å². The van der Waals surface area contributed by atoms with E-state index in [0.29, 0.717) is 24.0 Å². The van der Waals surface area contributed by atoms with Crippen LogP contribution in [-0.4, -0.2) is 71.9 Å². The Hall–Kier alpha value is -3.47. The molecule has 2 amide bonds. The van der Waals surface area contributed by atoms with E-state index in [-0.39, 0.29) is 24.1 Å². The summed E-state index contributed by atoms with van der Waals surface area (Å²) in [5, 5.41) is 7.54. The summed E-state index contributed by atoms with van der Waals surface area (Å²) in [4.78, 5) is 32.9. The van der Waals surface area contributed by atoms with E-state index in [9.17, 15) is 9.59 Å². The minimum absolute atomic E-state index is 0.0433. The lowest BCUT2D eigenvalue weighted by Gasteiger charge is -2.14. The van der Waals surface area contributed by atoms with Crippen LogP contribution in [0, 0.1) is 6.92 Å². The first-order valence-electron chi connectivity index (χ1n) is 12.4. The number of fused-ring (bicyclic) bond motifs is 2. The zero-order chi connectivity index (χ0) is 25.7. The van der Waals surface area contributed by atoms with Gasteiger partial charge in [0, 0.05) is 56.3 Å². The number of carbonyl (C=O) groups is 2. The fourth-order valence-electron chi connectivity index (χ4n) is 4.98. The normalized spacial score (nSPS) is 19.6. The smallest absolute Gasteiger partial charge is 0.326 e. The van der Waals surface area contributed by atoms with E-state index in [1.54, 1.807) is 29.9 Å².